The first-order valence-corrected chi connectivity index (χ1v) is 7.77. The molecule has 2 saturated heterocycles. The lowest BCUT2D eigenvalue weighted by molar-refractivity contribution is -0.134. The van der Waals surface area contributed by atoms with Crippen LogP contribution in [0.1, 0.15) is 65.2 Å². The number of amides is 1. The number of nitrogens with one attached hydrogen (secondary N) is 1. The van der Waals surface area contributed by atoms with Crippen LogP contribution in [0.4, 0.5) is 0 Å². The zero-order chi connectivity index (χ0) is 13.0. The second kappa shape index (κ2) is 6.55. The van der Waals surface area contributed by atoms with E-state index in [-0.39, 0.29) is 0 Å². The molecule has 2 aliphatic heterocycles. The molecule has 1 N–H and O–H groups in total. The molecule has 2 heterocycles. The first kappa shape index (κ1) is 13.9. The molecule has 0 aliphatic carbocycles. The monoisotopic (exact) mass is 252 g/mol. The molecular formula is C15H28N2O. The van der Waals surface area contributed by atoms with Crippen molar-refractivity contribution < 1.29 is 4.79 Å². The molecule has 3 heteroatoms. The third kappa shape index (κ3) is 3.25. The predicted octanol–water partition coefficient (Wildman–Crippen LogP) is 2.70. The molecule has 2 aliphatic rings. The molecule has 18 heavy (non-hydrogen) atoms. The molecule has 0 aromatic carbocycles. The molecule has 3 atom stereocenters. The lowest BCUT2D eigenvalue weighted by Crippen LogP contribution is -2.41. The maximum absolute atomic E-state index is 12.4. The third-order valence-corrected chi connectivity index (χ3v) is 4.66. The van der Waals surface area contributed by atoms with Gasteiger partial charge in [0.25, 0.3) is 0 Å². The summed E-state index contributed by atoms with van der Waals surface area (Å²) in [7, 11) is 0. The number of nitrogens with zero attached hydrogens (tertiary/aromatic N) is 1. The molecule has 0 aromatic heterocycles. The quantitative estimate of drug-likeness (QED) is 0.834. The van der Waals surface area contributed by atoms with Crippen LogP contribution in [0.2, 0.25) is 0 Å². The average molecular weight is 252 g/mol. The first-order valence-electron chi connectivity index (χ1n) is 7.77. The second-order valence-electron chi connectivity index (χ2n) is 5.97. The lowest BCUT2D eigenvalue weighted by Gasteiger charge is -2.29. The van der Waals surface area contributed by atoms with Gasteiger partial charge in [-0.15, -0.1) is 0 Å². The van der Waals surface area contributed by atoms with Gasteiger partial charge in [0.15, 0.2) is 0 Å². The summed E-state index contributed by atoms with van der Waals surface area (Å²) in [4.78, 5) is 14.5. The standard InChI is InChI=1S/C15H28N2O/c1-3-14-9-7-12(2)17(14)15(18)10-8-13-6-4-5-11-16-13/h12-14,16H,3-11H2,1-2H3. The average Bonchev–Trinajstić information content (AvgIpc) is 2.78. The van der Waals surface area contributed by atoms with Crippen LogP contribution in [-0.2, 0) is 4.79 Å². The predicted molar refractivity (Wildman–Crippen MR) is 74.5 cm³/mol. The SMILES string of the molecule is CCC1CCC(C)N1C(=O)CCC1CCCCN1. The Bertz CT molecular complexity index is 274. The van der Waals surface area contributed by atoms with Crippen molar-refractivity contribution in [3.05, 3.63) is 0 Å². The van der Waals surface area contributed by atoms with Gasteiger partial charge in [0.1, 0.15) is 0 Å². The molecule has 3 unspecified atom stereocenters. The molecule has 2 fully saturated rings. The van der Waals surface area contributed by atoms with Crippen LogP contribution in [0.15, 0.2) is 0 Å². The lowest BCUT2D eigenvalue weighted by atomic mass is 10.00. The highest BCUT2D eigenvalue weighted by Gasteiger charge is 2.32. The molecule has 1 amide bonds. The van der Waals surface area contributed by atoms with Gasteiger partial charge in [0.05, 0.1) is 0 Å². The van der Waals surface area contributed by atoms with Crippen LogP contribution in [0.5, 0.6) is 0 Å². The highest BCUT2D eigenvalue weighted by Crippen LogP contribution is 2.27. The maximum Gasteiger partial charge on any atom is 0.223 e. The van der Waals surface area contributed by atoms with E-state index < -0.39 is 0 Å². The normalized spacial score (nSPS) is 32.8. The molecule has 2 rings (SSSR count). The number of hydrogen-bond acceptors (Lipinski definition) is 2. The summed E-state index contributed by atoms with van der Waals surface area (Å²) in [6.07, 6.45) is 9.13. The minimum atomic E-state index is 0.388. The van der Waals surface area contributed by atoms with Crippen molar-refractivity contribution in [3.8, 4) is 0 Å². The number of carbonyl (C=O) groups excluding carboxylic acids is 1. The van der Waals surface area contributed by atoms with E-state index in [1.165, 1.54) is 32.1 Å². The largest absolute Gasteiger partial charge is 0.337 e. The van der Waals surface area contributed by atoms with Gasteiger partial charge >= 0.3 is 0 Å². The zero-order valence-electron chi connectivity index (χ0n) is 12.0. The van der Waals surface area contributed by atoms with Crippen molar-refractivity contribution in [2.24, 2.45) is 0 Å². The molecule has 0 aromatic rings. The van der Waals surface area contributed by atoms with Crippen molar-refractivity contribution >= 4 is 5.91 Å². The van der Waals surface area contributed by atoms with Gasteiger partial charge in [-0.25, -0.2) is 0 Å². The zero-order valence-corrected chi connectivity index (χ0v) is 12.0. The van der Waals surface area contributed by atoms with E-state index >= 15 is 0 Å². The van der Waals surface area contributed by atoms with Gasteiger partial charge in [0, 0.05) is 24.5 Å². The van der Waals surface area contributed by atoms with Crippen LogP contribution in [0.25, 0.3) is 0 Å². The first-order chi connectivity index (χ1) is 8.72. The Labute approximate surface area is 111 Å². The summed E-state index contributed by atoms with van der Waals surface area (Å²) >= 11 is 0. The summed E-state index contributed by atoms with van der Waals surface area (Å²) in [5.41, 5.74) is 0. The third-order valence-electron chi connectivity index (χ3n) is 4.66. The van der Waals surface area contributed by atoms with Crippen molar-refractivity contribution in [3.63, 3.8) is 0 Å². The van der Waals surface area contributed by atoms with Crippen molar-refractivity contribution in [2.75, 3.05) is 6.54 Å². The van der Waals surface area contributed by atoms with Crippen LogP contribution >= 0.6 is 0 Å². The Kier molecular flexibility index (Phi) is 5.04. The number of carbonyl (C=O) groups is 1. The minimum absolute atomic E-state index is 0.388. The van der Waals surface area contributed by atoms with Crippen molar-refractivity contribution in [1.82, 2.24) is 10.2 Å². The molecule has 0 bridgehead atoms. The van der Waals surface area contributed by atoms with Gasteiger partial charge in [-0.1, -0.05) is 13.3 Å². The summed E-state index contributed by atoms with van der Waals surface area (Å²) in [5.74, 6) is 0.388. The van der Waals surface area contributed by atoms with E-state index in [1.54, 1.807) is 0 Å². The fraction of sp³-hybridized carbons (Fsp3) is 0.933. The van der Waals surface area contributed by atoms with E-state index in [1.807, 2.05) is 0 Å². The molecule has 104 valence electrons. The van der Waals surface area contributed by atoms with E-state index in [2.05, 4.69) is 24.1 Å². The highest BCUT2D eigenvalue weighted by atomic mass is 16.2. The number of hydrogen-bond donors (Lipinski definition) is 1. The molecule has 0 saturated carbocycles. The summed E-state index contributed by atoms with van der Waals surface area (Å²) in [5, 5.41) is 3.53. The molecule has 3 nitrogen and oxygen atoms in total. The van der Waals surface area contributed by atoms with Gasteiger partial charge in [-0.3, -0.25) is 4.79 Å². The van der Waals surface area contributed by atoms with E-state index in [4.69, 9.17) is 0 Å². The molecule has 0 radical (unpaired) electrons. The van der Waals surface area contributed by atoms with Crippen molar-refractivity contribution in [1.29, 1.82) is 0 Å². The van der Waals surface area contributed by atoms with E-state index in [9.17, 15) is 4.79 Å². The van der Waals surface area contributed by atoms with E-state index in [0.717, 1.165) is 25.8 Å². The molecule has 0 spiro atoms. The van der Waals surface area contributed by atoms with E-state index in [0.29, 0.717) is 24.0 Å². The van der Waals surface area contributed by atoms with Crippen LogP contribution in [-0.4, -0.2) is 35.5 Å². The number of piperidine rings is 1. The Morgan fingerprint density at radius 1 is 1.28 bits per heavy atom. The van der Waals surface area contributed by atoms with Gasteiger partial charge in [-0.2, -0.15) is 0 Å². The highest BCUT2D eigenvalue weighted by molar-refractivity contribution is 5.77. The Morgan fingerprint density at radius 2 is 2.11 bits per heavy atom. The van der Waals surface area contributed by atoms with Gasteiger partial charge < -0.3 is 10.2 Å². The minimum Gasteiger partial charge on any atom is -0.337 e. The Hall–Kier alpha value is -0.570. The van der Waals surface area contributed by atoms with Crippen molar-refractivity contribution in [2.45, 2.75) is 83.3 Å². The number of rotatable bonds is 4. The van der Waals surface area contributed by atoms with Gasteiger partial charge in [-0.05, 0) is 52.0 Å². The van der Waals surface area contributed by atoms with Crippen LogP contribution in [0.3, 0.4) is 0 Å². The number of likely N-dealkylation sites (tertiary alicyclic amines) is 1. The topological polar surface area (TPSA) is 32.3 Å². The fourth-order valence-electron chi connectivity index (χ4n) is 3.52. The molecular weight excluding hydrogens is 224 g/mol. The summed E-state index contributed by atoms with van der Waals surface area (Å²) in [6, 6.07) is 1.55. The van der Waals surface area contributed by atoms with Crippen LogP contribution in [0, 0.1) is 0 Å². The fourth-order valence-corrected chi connectivity index (χ4v) is 3.52. The second-order valence-corrected chi connectivity index (χ2v) is 5.97. The Balaban J connectivity index is 1.79. The van der Waals surface area contributed by atoms with Gasteiger partial charge in [0.2, 0.25) is 5.91 Å². The maximum atomic E-state index is 12.4. The smallest absolute Gasteiger partial charge is 0.223 e. The summed E-state index contributed by atoms with van der Waals surface area (Å²) < 4.78 is 0. The van der Waals surface area contributed by atoms with Crippen LogP contribution < -0.4 is 5.32 Å². The summed E-state index contributed by atoms with van der Waals surface area (Å²) in [6.45, 7) is 5.54. The Morgan fingerprint density at radius 3 is 2.78 bits per heavy atom.